The molecule has 17 heavy (non-hydrogen) atoms. The standard InChI is InChI=1S/C14H17N3/c1-8-3-6-11(9(2)7-8)12-13(10-4-5-10)16-17-14(12)15/h3,6-7,10H,4-5H2,1-2H3,(H3,15,16,17). The number of aromatic nitrogens is 2. The Morgan fingerprint density at radius 3 is 2.71 bits per heavy atom. The fourth-order valence-corrected chi connectivity index (χ4v) is 2.41. The molecule has 1 aromatic heterocycles. The summed E-state index contributed by atoms with van der Waals surface area (Å²) in [5.41, 5.74) is 12.1. The lowest BCUT2D eigenvalue weighted by Crippen LogP contribution is -1.92. The highest BCUT2D eigenvalue weighted by atomic mass is 15.2. The van der Waals surface area contributed by atoms with E-state index >= 15 is 0 Å². The number of aryl methyl sites for hydroxylation is 2. The minimum atomic E-state index is 0.624. The molecule has 0 aliphatic heterocycles. The molecule has 1 aromatic carbocycles. The zero-order chi connectivity index (χ0) is 12.0. The van der Waals surface area contributed by atoms with E-state index in [2.05, 4.69) is 42.2 Å². The summed E-state index contributed by atoms with van der Waals surface area (Å²) < 4.78 is 0. The third-order valence-corrected chi connectivity index (χ3v) is 3.46. The van der Waals surface area contributed by atoms with Crippen molar-refractivity contribution in [2.75, 3.05) is 5.73 Å². The summed E-state index contributed by atoms with van der Waals surface area (Å²) >= 11 is 0. The van der Waals surface area contributed by atoms with Crippen molar-refractivity contribution in [3.05, 3.63) is 35.0 Å². The molecule has 0 radical (unpaired) electrons. The second-order valence-electron chi connectivity index (χ2n) is 4.99. The third kappa shape index (κ3) is 1.71. The number of aromatic amines is 1. The van der Waals surface area contributed by atoms with Crippen LogP contribution in [0.3, 0.4) is 0 Å². The highest BCUT2D eigenvalue weighted by molar-refractivity contribution is 5.79. The number of H-pyrrole nitrogens is 1. The van der Waals surface area contributed by atoms with Crippen LogP contribution < -0.4 is 5.73 Å². The lowest BCUT2D eigenvalue weighted by Gasteiger charge is -2.08. The molecule has 0 spiro atoms. The van der Waals surface area contributed by atoms with E-state index in [-0.39, 0.29) is 0 Å². The first-order chi connectivity index (χ1) is 8.16. The van der Waals surface area contributed by atoms with Crippen molar-refractivity contribution in [3.8, 4) is 11.1 Å². The molecule has 2 aromatic rings. The summed E-state index contributed by atoms with van der Waals surface area (Å²) in [5, 5.41) is 7.27. The van der Waals surface area contributed by atoms with Gasteiger partial charge >= 0.3 is 0 Å². The predicted molar refractivity (Wildman–Crippen MR) is 69.9 cm³/mol. The van der Waals surface area contributed by atoms with Crippen LogP contribution in [0.4, 0.5) is 5.82 Å². The molecule has 3 rings (SSSR count). The second kappa shape index (κ2) is 3.62. The Hall–Kier alpha value is -1.77. The highest BCUT2D eigenvalue weighted by Crippen LogP contribution is 2.45. The molecular formula is C14H17N3. The molecule has 1 aliphatic carbocycles. The first kappa shape index (κ1) is 10.4. The van der Waals surface area contributed by atoms with Crippen LogP contribution in [-0.4, -0.2) is 10.2 Å². The molecule has 88 valence electrons. The van der Waals surface area contributed by atoms with E-state index in [0.29, 0.717) is 11.7 Å². The predicted octanol–water partition coefficient (Wildman–Crippen LogP) is 3.15. The summed E-state index contributed by atoms with van der Waals surface area (Å²) in [6, 6.07) is 6.47. The van der Waals surface area contributed by atoms with E-state index in [0.717, 1.165) is 5.56 Å². The number of benzene rings is 1. The summed E-state index contributed by atoms with van der Waals surface area (Å²) in [4.78, 5) is 0. The lowest BCUT2D eigenvalue weighted by molar-refractivity contribution is 0.968. The zero-order valence-corrected chi connectivity index (χ0v) is 10.2. The van der Waals surface area contributed by atoms with Crippen molar-refractivity contribution in [1.29, 1.82) is 0 Å². The van der Waals surface area contributed by atoms with Gasteiger partial charge in [0, 0.05) is 17.2 Å². The number of nitrogens with two attached hydrogens (primary N) is 1. The molecule has 0 amide bonds. The van der Waals surface area contributed by atoms with Crippen molar-refractivity contribution >= 4 is 5.82 Å². The first-order valence-electron chi connectivity index (χ1n) is 6.08. The van der Waals surface area contributed by atoms with Crippen LogP contribution in [0, 0.1) is 13.8 Å². The minimum absolute atomic E-state index is 0.624. The van der Waals surface area contributed by atoms with E-state index in [4.69, 9.17) is 5.73 Å². The fourth-order valence-electron chi connectivity index (χ4n) is 2.41. The Morgan fingerprint density at radius 1 is 1.29 bits per heavy atom. The van der Waals surface area contributed by atoms with Gasteiger partial charge in [0.05, 0.1) is 0 Å². The molecule has 0 saturated heterocycles. The SMILES string of the molecule is Cc1ccc(-c2c(N)n[nH]c2C2CC2)c(C)c1. The molecule has 0 bridgehead atoms. The molecule has 0 atom stereocenters. The number of nitrogens with one attached hydrogen (secondary N) is 1. The summed E-state index contributed by atoms with van der Waals surface area (Å²) in [7, 11) is 0. The van der Waals surface area contributed by atoms with Crippen molar-refractivity contribution in [1.82, 2.24) is 10.2 Å². The number of hydrogen-bond acceptors (Lipinski definition) is 2. The molecule has 3 nitrogen and oxygen atoms in total. The van der Waals surface area contributed by atoms with Crippen molar-refractivity contribution in [3.63, 3.8) is 0 Å². The van der Waals surface area contributed by atoms with Gasteiger partial charge in [-0.25, -0.2) is 0 Å². The van der Waals surface area contributed by atoms with Gasteiger partial charge in [0.15, 0.2) is 5.82 Å². The van der Waals surface area contributed by atoms with Crippen LogP contribution in [-0.2, 0) is 0 Å². The lowest BCUT2D eigenvalue weighted by atomic mass is 9.97. The maximum atomic E-state index is 6.00. The number of rotatable bonds is 2. The van der Waals surface area contributed by atoms with Crippen molar-refractivity contribution < 1.29 is 0 Å². The van der Waals surface area contributed by atoms with Gasteiger partial charge < -0.3 is 5.73 Å². The number of nitrogens with zero attached hydrogens (tertiary/aromatic N) is 1. The Labute approximate surface area is 101 Å². The Bertz CT molecular complexity index is 565. The monoisotopic (exact) mass is 227 g/mol. The number of nitrogen functional groups attached to an aromatic ring is 1. The van der Waals surface area contributed by atoms with Crippen LogP contribution in [0.2, 0.25) is 0 Å². The number of hydrogen-bond donors (Lipinski definition) is 2. The maximum absolute atomic E-state index is 6.00. The average molecular weight is 227 g/mol. The molecule has 1 fully saturated rings. The molecular weight excluding hydrogens is 210 g/mol. The molecule has 0 unspecified atom stereocenters. The van der Waals surface area contributed by atoms with Gasteiger partial charge in [0.25, 0.3) is 0 Å². The largest absolute Gasteiger partial charge is 0.382 e. The van der Waals surface area contributed by atoms with Crippen molar-refractivity contribution in [2.24, 2.45) is 0 Å². The van der Waals surface area contributed by atoms with Gasteiger partial charge in [-0.15, -0.1) is 0 Å². The van der Waals surface area contributed by atoms with E-state index in [9.17, 15) is 0 Å². The smallest absolute Gasteiger partial charge is 0.153 e. The van der Waals surface area contributed by atoms with E-state index in [1.54, 1.807) is 0 Å². The van der Waals surface area contributed by atoms with E-state index < -0.39 is 0 Å². The van der Waals surface area contributed by atoms with Gasteiger partial charge in [-0.3, -0.25) is 5.10 Å². The highest BCUT2D eigenvalue weighted by Gasteiger charge is 2.30. The van der Waals surface area contributed by atoms with Gasteiger partial charge in [0.2, 0.25) is 0 Å². The van der Waals surface area contributed by atoms with Crippen LogP contribution >= 0.6 is 0 Å². The normalized spacial score (nSPS) is 15.2. The summed E-state index contributed by atoms with van der Waals surface area (Å²) in [5.74, 6) is 1.26. The molecule has 1 aliphatic rings. The van der Waals surface area contributed by atoms with E-state index in [1.165, 1.54) is 35.2 Å². The van der Waals surface area contributed by atoms with Gasteiger partial charge in [-0.05, 0) is 37.8 Å². The van der Waals surface area contributed by atoms with Crippen LogP contribution in [0.25, 0.3) is 11.1 Å². The van der Waals surface area contributed by atoms with Crippen LogP contribution in [0.5, 0.6) is 0 Å². The Kier molecular flexibility index (Phi) is 2.21. The van der Waals surface area contributed by atoms with Crippen LogP contribution in [0.1, 0.15) is 35.6 Å². The topological polar surface area (TPSA) is 54.7 Å². The average Bonchev–Trinajstić information content (AvgIpc) is 3.04. The first-order valence-corrected chi connectivity index (χ1v) is 6.08. The molecule has 3 N–H and O–H groups in total. The quantitative estimate of drug-likeness (QED) is 0.828. The van der Waals surface area contributed by atoms with Crippen LogP contribution in [0.15, 0.2) is 18.2 Å². The second-order valence-corrected chi connectivity index (χ2v) is 4.99. The molecule has 3 heteroatoms. The van der Waals surface area contributed by atoms with Crippen molar-refractivity contribution in [2.45, 2.75) is 32.6 Å². The Morgan fingerprint density at radius 2 is 2.06 bits per heavy atom. The fraction of sp³-hybridized carbons (Fsp3) is 0.357. The van der Waals surface area contributed by atoms with Gasteiger partial charge in [0.1, 0.15) is 0 Å². The minimum Gasteiger partial charge on any atom is -0.382 e. The molecule has 1 saturated carbocycles. The zero-order valence-electron chi connectivity index (χ0n) is 10.2. The van der Waals surface area contributed by atoms with E-state index in [1.807, 2.05) is 0 Å². The van der Waals surface area contributed by atoms with Gasteiger partial charge in [-0.1, -0.05) is 23.8 Å². The third-order valence-electron chi connectivity index (χ3n) is 3.46. The molecule has 1 heterocycles. The Balaban J connectivity index is 2.16. The summed E-state index contributed by atoms with van der Waals surface area (Å²) in [6.45, 7) is 4.24. The summed E-state index contributed by atoms with van der Waals surface area (Å²) in [6.07, 6.45) is 2.50. The number of anilines is 1. The van der Waals surface area contributed by atoms with Gasteiger partial charge in [-0.2, -0.15) is 5.10 Å². The maximum Gasteiger partial charge on any atom is 0.153 e.